The van der Waals surface area contributed by atoms with Gasteiger partial charge in [-0.2, -0.15) is 0 Å². The number of hydrogen-bond donors (Lipinski definition) is 2. The molecule has 2 N–H and O–H groups in total. The topological polar surface area (TPSA) is 62.2 Å². The van der Waals surface area contributed by atoms with Gasteiger partial charge >= 0.3 is 5.97 Å². The van der Waals surface area contributed by atoms with Crippen molar-refractivity contribution in [2.75, 3.05) is 0 Å². The highest BCUT2D eigenvalue weighted by molar-refractivity contribution is 5.79. The van der Waals surface area contributed by atoms with E-state index in [9.17, 15) is 9.90 Å². The molecule has 0 saturated carbocycles. The van der Waals surface area contributed by atoms with Crippen molar-refractivity contribution in [3.05, 3.63) is 42.1 Å². The van der Waals surface area contributed by atoms with Crippen molar-refractivity contribution in [2.24, 2.45) is 0 Å². The van der Waals surface area contributed by atoms with Gasteiger partial charge in [-0.25, -0.2) is 0 Å². The summed E-state index contributed by atoms with van der Waals surface area (Å²) in [5.41, 5.74) is 1.12. The molecule has 1 heterocycles. The number of benzene rings is 1. The molecule has 100 valence electrons. The van der Waals surface area contributed by atoms with E-state index in [1.54, 1.807) is 13.1 Å². The Bertz CT molecular complexity index is 597. The average Bonchev–Trinajstić information content (AvgIpc) is 2.44. The summed E-state index contributed by atoms with van der Waals surface area (Å²) >= 11 is 0. The fourth-order valence-corrected chi connectivity index (χ4v) is 1.88. The molecule has 0 spiro atoms. The average molecular weight is 258 g/mol. The van der Waals surface area contributed by atoms with Gasteiger partial charge in [0.05, 0.1) is 5.52 Å². The molecule has 4 heteroatoms. The van der Waals surface area contributed by atoms with Crippen LogP contribution in [0, 0.1) is 0 Å². The van der Waals surface area contributed by atoms with Crippen LogP contribution in [0.3, 0.4) is 0 Å². The Balaban J connectivity index is 2.15. The van der Waals surface area contributed by atoms with Gasteiger partial charge in [0.1, 0.15) is 5.54 Å². The van der Waals surface area contributed by atoms with Crippen molar-refractivity contribution in [1.29, 1.82) is 0 Å². The molecule has 2 aromatic rings. The molecule has 2 rings (SSSR count). The largest absolute Gasteiger partial charge is 0.480 e. The van der Waals surface area contributed by atoms with E-state index in [4.69, 9.17) is 0 Å². The first-order valence-corrected chi connectivity index (χ1v) is 6.37. The highest BCUT2D eigenvalue weighted by Gasteiger charge is 2.29. The Labute approximate surface area is 112 Å². The van der Waals surface area contributed by atoms with E-state index in [2.05, 4.69) is 10.3 Å². The zero-order valence-corrected chi connectivity index (χ0v) is 11.2. The van der Waals surface area contributed by atoms with E-state index in [0.717, 1.165) is 16.5 Å². The number of carboxylic acid groups (broad SMARTS) is 1. The zero-order chi connectivity index (χ0) is 13.9. The van der Waals surface area contributed by atoms with Gasteiger partial charge in [-0.15, -0.1) is 0 Å². The number of carbonyl (C=O) groups is 1. The SMILES string of the molecule is CCC(C)(NCc1ccc2ncccc2c1)C(=O)O. The number of fused-ring (bicyclic) bond motifs is 1. The third-order valence-corrected chi connectivity index (χ3v) is 3.53. The van der Waals surface area contributed by atoms with Crippen molar-refractivity contribution < 1.29 is 9.90 Å². The third kappa shape index (κ3) is 2.90. The van der Waals surface area contributed by atoms with E-state index in [1.165, 1.54) is 0 Å². The van der Waals surface area contributed by atoms with Gasteiger partial charge in [0.15, 0.2) is 0 Å². The number of rotatable bonds is 5. The fourth-order valence-electron chi connectivity index (χ4n) is 1.88. The summed E-state index contributed by atoms with van der Waals surface area (Å²) in [5.74, 6) is -0.822. The molecule has 0 amide bonds. The number of nitrogens with one attached hydrogen (secondary N) is 1. The second-order valence-electron chi connectivity index (χ2n) is 4.87. The third-order valence-electron chi connectivity index (χ3n) is 3.53. The normalized spacial score (nSPS) is 14.2. The number of pyridine rings is 1. The van der Waals surface area contributed by atoms with Crippen molar-refractivity contribution in [1.82, 2.24) is 10.3 Å². The Morgan fingerprint density at radius 2 is 2.21 bits per heavy atom. The Morgan fingerprint density at radius 3 is 2.89 bits per heavy atom. The first kappa shape index (κ1) is 13.5. The maximum Gasteiger partial charge on any atom is 0.323 e. The smallest absolute Gasteiger partial charge is 0.323 e. The van der Waals surface area contributed by atoms with Crippen LogP contribution in [-0.4, -0.2) is 21.6 Å². The Kier molecular flexibility index (Phi) is 3.81. The molecule has 1 unspecified atom stereocenters. The molecule has 0 aliphatic rings. The first-order valence-electron chi connectivity index (χ1n) is 6.37. The lowest BCUT2D eigenvalue weighted by molar-refractivity contribution is -0.144. The minimum atomic E-state index is -0.885. The highest BCUT2D eigenvalue weighted by atomic mass is 16.4. The summed E-state index contributed by atoms with van der Waals surface area (Å²) in [6, 6.07) is 9.86. The van der Waals surface area contributed by atoms with Gasteiger partial charge in [0.25, 0.3) is 0 Å². The van der Waals surface area contributed by atoms with Crippen LogP contribution in [0.2, 0.25) is 0 Å². The molecule has 19 heavy (non-hydrogen) atoms. The Hall–Kier alpha value is -1.94. The lowest BCUT2D eigenvalue weighted by Crippen LogP contribution is -2.48. The molecular weight excluding hydrogens is 240 g/mol. The van der Waals surface area contributed by atoms with E-state index in [1.807, 2.05) is 37.3 Å². The summed E-state index contributed by atoms with van der Waals surface area (Å²) in [7, 11) is 0. The van der Waals surface area contributed by atoms with Crippen LogP contribution in [0.15, 0.2) is 36.5 Å². The lowest BCUT2D eigenvalue weighted by atomic mass is 9.98. The number of hydrogen-bond acceptors (Lipinski definition) is 3. The van der Waals surface area contributed by atoms with Crippen LogP contribution in [0.1, 0.15) is 25.8 Å². The summed E-state index contributed by atoms with van der Waals surface area (Å²) in [4.78, 5) is 15.5. The first-order chi connectivity index (χ1) is 9.05. The van der Waals surface area contributed by atoms with E-state index in [0.29, 0.717) is 13.0 Å². The Morgan fingerprint density at radius 1 is 1.42 bits per heavy atom. The maximum absolute atomic E-state index is 11.2. The van der Waals surface area contributed by atoms with Crippen LogP contribution >= 0.6 is 0 Å². The summed E-state index contributed by atoms with van der Waals surface area (Å²) in [6.45, 7) is 4.10. The predicted molar refractivity (Wildman–Crippen MR) is 74.9 cm³/mol. The standard InChI is InChI=1S/C15H18N2O2/c1-3-15(2,14(18)19)17-10-11-6-7-13-12(9-11)5-4-8-16-13/h4-9,17H,3,10H2,1-2H3,(H,18,19). The minimum absolute atomic E-state index is 0.529. The molecule has 0 aliphatic carbocycles. The predicted octanol–water partition coefficient (Wildman–Crippen LogP) is 2.58. The fraction of sp³-hybridized carbons (Fsp3) is 0.333. The molecule has 0 radical (unpaired) electrons. The molecule has 0 saturated heterocycles. The summed E-state index contributed by atoms with van der Waals surface area (Å²) < 4.78 is 0. The van der Waals surface area contributed by atoms with E-state index < -0.39 is 11.5 Å². The monoisotopic (exact) mass is 258 g/mol. The van der Waals surface area contributed by atoms with Crippen molar-refractivity contribution in [3.8, 4) is 0 Å². The molecular formula is C15H18N2O2. The van der Waals surface area contributed by atoms with E-state index in [-0.39, 0.29) is 0 Å². The molecule has 1 aromatic heterocycles. The molecule has 0 bridgehead atoms. The highest BCUT2D eigenvalue weighted by Crippen LogP contribution is 2.15. The van der Waals surface area contributed by atoms with Crippen molar-refractivity contribution in [2.45, 2.75) is 32.4 Å². The molecule has 1 atom stereocenters. The van der Waals surface area contributed by atoms with Gasteiger partial charge in [-0.3, -0.25) is 15.1 Å². The van der Waals surface area contributed by atoms with Gasteiger partial charge in [-0.05, 0) is 37.1 Å². The molecule has 0 aliphatic heterocycles. The van der Waals surface area contributed by atoms with Crippen LogP contribution in [-0.2, 0) is 11.3 Å². The summed E-state index contributed by atoms with van der Waals surface area (Å²) in [5, 5.41) is 13.4. The number of carboxylic acids is 1. The zero-order valence-electron chi connectivity index (χ0n) is 11.2. The van der Waals surface area contributed by atoms with Gasteiger partial charge in [-0.1, -0.05) is 19.1 Å². The van der Waals surface area contributed by atoms with Gasteiger partial charge in [0, 0.05) is 18.1 Å². The lowest BCUT2D eigenvalue weighted by Gasteiger charge is -2.24. The van der Waals surface area contributed by atoms with Crippen LogP contribution in [0.5, 0.6) is 0 Å². The van der Waals surface area contributed by atoms with Crippen LogP contribution in [0.25, 0.3) is 10.9 Å². The second-order valence-corrected chi connectivity index (χ2v) is 4.87. The van der Waals surface area contributed by atoms with Crippen LogP contribution < -0.4 is 5.32 Å². The van der Waals surface area contributed by atoms with E-state index >= 15 is 0 Å². The molecule has 1 aromatic carbocycles. The minimum Gasteiger partial charge on any atom is -0.480 e. The second kappa shape index (κ2) is 5.36. The van der Waals surface area contributed by atoms with Gasteiger partial charge < -0.3 is 5.11 Å². The number of aromatic nitrogens is 1. The molecule has 0 fully saturated rings. The summed E-state index contributed by atoms with van der Waals surface area (Å²) in [6.07, 6.45) is 2.30. The maximum atomic E-state index is 11.2. The molecule has 4 nitrogen and oxygen atoms in total. The number of nitrogens with zero attached hydrogens (tertiary/aromatic N) is 1. The van der Waals surface area contributed by atoms with Crippen molar-refractivity contribution in [3.63, 3.8) is 0 Å². The quantitative estimate of drug-likeness (QED) is 0.865. The van der Waals surface area contributed by atoms with Crippen molar-refractivity contribution >= 4 is 16.9 Å². The van der Waals surface area contributed by atoms with Crippen LogP contribution in [0.4, 0.5) is 0 Å². The van der Waals surface area contributed by atoms with Gasteiger partial charge in [0.2, 0.25) is 0 Å². The number of aliphatic carboxylic acids is 1.